The lowest BCUT2D eigenvalue weighted by Gasteiger charge is -2.39. The van der Waals surface area contributed by atoms with Gasteiger partial charge in [0, 0.05) is 21.3 Å². The third-order valence-electron chi connectivity index (χ3n) is 2.71. The van der Waals surface area contributed by atoms with Crippen molar-refractivity contribution in [2.45, 2.75) is 5.73 Å². The monoisotopic (exact) mass is 256 g/mol. The average Bonchev–Trinajstić information content (AvgIpc) is 2.35. The normalized spacial score (nSPS) is 15.2. The molecular formula is C8H20O7Si. The second-order valence-electron chi connectivity index (χ2n) is 3.46. The van der Waals surface area contributed by atoms with Gasteiger partial charge >= 0.3 is 8.80 Å². The van der Waals surface area contributed by atoms with Crippen LogP contribution in [0.2, 0.25) is 0 Å². The quantitative estimate of drug-likeness (QED) is 0.363. The molecule has 0 aromatic carbocycles. The maximum absolute atomic E-state index is 10.1. The number of aliphatic hydroxyl groups excluding tert-OH is 4. The van der Waals surface area contributed by atoms with Gasteiger partial charge < -0.3 is 33.7 Å². The minimum atomic E-state index is -3.44. The zero-order valence-electron chi connectivity index (χ0n) is 9.71. The topological polar surface area (TPSA) is 109 Å². The summed E-state index contributed by atoms with van der Waals surface area (Å²) in [6, 6.07) is 0. The molecule has 0 bridgehead atoms. The van der Waals surface area contributed by atoms with Gasteiger partial charge in [-0.1, -0.05) is 0 Å². The molecule has 1 atom stereocenters. The van der Waals surface area contributed by atoms with E-state index >= 15 is 0 Å². The predicted octanol–water partition coefficient (Wildman–Crippen LogP) is -2.27. The average molecular weight is 256 g/mol. The molecule has 98 valence electrons. The number of hydrogen-bond acceptors (Lipinski definition) is 7. The van der Waals surface area contributed by atoms with Crippen LogP contribution in [0.5, 0.6) is 0 Å². The minimum absolute atomic E-state index is 0.619. The van der Waals surface area contributed by atoms with Crippen molar-refractivity contribution < 1.29 is 33.7 Å². The van der Waals surface area contributed by atoms with Crippen molar-refractivity contribution in [3.8, 4) is 0 Å². The molecule has 0 aliphatic heterocycles. The zero-order chi connectivity index (χ0) is 12.8. The van der Waals surface area contributed by atoms with Crippen LogP contribution in [-0.2, 0) is 13.3 Å². The van der Waals surface area contributed by atoms with Gasteiger partial charge in [0.2, 0.25) is 0 Å². The van der Waals surface area contributed by atoms with Gasteiger partial charge in [0.15, 0.2) is 0 Å². The van der Waals surface area contributed by atoms with Crippen LogP contribution >= 0.6 is 0 Å². The Kier molecular flexibility index (Phi) is 6.59. The van der Waals surface area contributed by atoms with E-state index in [9.17, 15) is 20.4 Å². The Bertz CT molecular complexity index is 156. The van der Waals surface area contributed by atoms with Crippen LogP contribution in [-0.4, -0.2) is 76.1 Å². The molecule has 0 aromatic rings. The summed E-state index contributed by atoms with van der Waals surface area (Å²) in [5.74, 6) is 0. The van der Waals surface area contributed by atoms with E-state index in [-0.39, 0.29) is 0 Å². The van der Waals surface area contributed by atoms with Crippen molar-refractivity contribution in [2.24, 2.45) is 5.41 Å². The fourth-order valence-corrected chi connectivity index (χ4v) is 3.56. The summed E-state index contributed by atoms with van der Waals surface area (Å²) in [6.45, 7) is -1.86. The van der Waals surface area contributed by atoms with Crippen LogP contribution in [0.4, 0.5) is 0 Å². The summed E-state index contributed by atoms with van der Waals surface area (Å²) >= 11 is 0. The molecule has 0 rings (SSSR count). The highest BCUT2D eigenvalue weighted by Crippen LogP contribution is 2.28. The van der Waals surface area contributed by atoms with Gasteiger partial charge in [-0.15, -0.1) is 0 Å². The zero-order valence-corrected chi connectivity index (χ0v) is 10.7. The van der Waals surface area contributed by atoms with Crippen LogP contribution in [0, 0.1) is 5.41 Å². The van der Waals surface area contributed by atoms with Gasteiger partial charge in [-0.05, 0) is 0 Å². The van der Waals surface area contributed by atoms with Crippen LogP contribution in [0.1, 0.15) is 0 Å². The molecule has 0 spiro atoms. The first-order valence-electron chi connectivity index (χ1n) is 4.68. The smallest absolute Gasteiger partial charge is 0.396 e. The Labute approximate surface area is 95.6 Å². The highest BCUT2D eigenvalue weighted by molar-refractivity contribution is 6.62. The van der Waals surface area contributed by atoms with Gasteiger partial charge in [-0.2, -0.15) is 0 Å². The molecule has 0 amide bonds. The van der Waals surface area contributed by atoms with Crippen LogP contribution < -0.4 is 0 Å². The maximum atomic E-state index is 10.1. The molecule has 1 unspecified atom stereocenters. The molecule has 16 heavy (non-hydrogen) atoms. The molecule has 0 radical (unpaired) electrons. The molecule has 0 saturated carbocycles. The SMILES string of the molecule is CO[Si](OC)(OC)C(O)C(CO)(CO)CO. The van der Waals surface area contributed by atoms with Crippen LogP contribution in [0.3, 0.4) is 0 Å². The van der Waals surface area contributed by atoms with E-state index in [0.717, 1.165) is 0 Å². The highest BCUT2D eigenvalue weighted by Gasteiger charge is 2.57. The fourth-order valence-electron chi connectivity index (χ4n) is 1.37. The van der Waals surface area contributed by atoms with E-state index in [1.54, 1.807) is 0 Å². The van der Waals surface area contributed by atoms with E-state index in [1.165, 1.54) is 21.3 Å². The number of hydrogen-bond donors (Lipinski definition) is 4. The van der Waals surface area contributed by atoms with E-state index in [1.807, 2.05) is 0 Å². The first-order valence-corrected chi connectivity index (χ1v) is 6.48. The van der Waals surface area contributed by atoms with Gasteiger partial charge in [-0.25, -0.2) is 0 Å². The standard InChI is InChI=1S/C8H20O7Si/c1-13-16(14-2,15-3)7(12)8(4-9,5-10)6-11/h7,9-12H,4-6H2,1-3H3. The molecule has 0 aromatic heterocycles. The molecule has 7 nitrogen and oxygen atoms in total. The molecule has 0 heterocycles. The van der Waals surface area contributed by atoms with Gasteiger partial charge in [0.25, 0.3) is 0 Å². The summed E-state index contributed by atoms with van der Waals surface area (Å²) in [4.78, 5) is 0. The highest BCUT2D eigenvalue weighted by atomic mass is 28.4. The van der Waals surface area contributed by atoms with Crippen molar-refractivity contribution in [3.63, 3.8) is 0 Å². The molecule has 8 heteroatoms. The van der Waals surface area contributed by atoms with Crippen molar-refractivity contribution >= 4 is 8.80 Å². The molecule has 4 N–H and O–H groups in total. The fraction of sp³-hybridized carbons (Fsp3) is 1.00. The van der Waals surface area contributed by atoms with E-state index < -0.39 is 39.8 Å². The van der Waals surface area contributed by atoms with Crippen molar-refractivity contribution in [2.75, 3.05) is 41.2 Å². The summed E-state index contributed by atoms with van der Waals surface area (Å²) in [5.41, 5.74) is -2.95. The Morgan fingerprint density at radius 3 is 1.44 bits per heavy atom. The largest absolute Gasteiger partial charge is 0.531 e. The summed E-state index contributed by atoms with van der Waals surface area (Å²) in [5, 5.41) is 37.6. The Morgan fingerprint density at radius 1 is 0.938 bits per heavy atom. The minimum Gasteiger partial charge on any atom is -0.396 e. The Balaban J connectivity index is 5.16. The van der Waals surface area contributed by atoms with Crippen molar-refractivity contribution in [1.82, 2.24) is 0 Å². The second kappa shape index (κ2) is 6.62. The van der Waals surface area contributed by atoms with Crippen LogP contribution in [0.15, 0.2) is 0 Å². The predicted molar refractivity (Wildman–Crippen MR) is 56.5 cm³/mol. The molecule has 0 fully saturated rings. The van der Waals surface area contributed by atoms with Gasteiger partial charge in [0.1, 0.15) is 5.73 Å². The first-order chi connectivity index (χ1) is 7.52. The summed E-state index contributed by atoms with van der Waals surface area (Å²) < 4.78 is 15.1. The summed E-state index contributed by atoms with van der Waals surface area (Å²) in [7, 11) is 0.429. The number of rotatable bonds is 8. The first kappa shape index (κ1) is 15.9. The third-order valence-corrected chi connectivity index (χ3v) is 5.70. The lowest BCUT2D eigenvalue weighted by molar-refractivity contribution is -0.0849. The Hall–Kier alpha value is -0.0631. The maximum Gasteiger partial charge on any atom is 0.531 e. The van der Waals surface area contributed by atoms with Gasteiger partial charge in [0.05, 0.1) is 25.2 Å². The number of aliphatic hydroxyl groups is 4. The lowest BCUT2D eigenvalue weighted by Crippen LogP contribution is -2.64. The third kappa shape index (κ3) is 2.60. The van der Waals surface area contributed by atoms with E-state index in [2.05, 4.69) is 0 Å². The molecule has 0 saturated heterocycles. The van der Waals surface area contributed by atoms with Crippen LogP contribution in [0.25, 0.3) is 0 Å². The second-order valence-corrected chi connectivity index (χ2v) is 6.43. The van der Waals surface area contributed by atoms with Crippen molar-refractivity contribution in [1.29, 1.82) is 0 Å². The molecular weight excluding hydrogens is 236 g/mol. The van der Waals surface area contributed by atoms with Crippen molar-refractivity contribution in [3.05, 3.63) is 0 Å². The van der Waals surface area contributed by atoms with Gasteiger partial charge in [-0.3, -0.25) is 0 Å². The summed E-state index contributed by atoms with van der Waals surface area (Å²) in [6.07, 6.45) is 0. The lowest BCUT2D eigenvalue weighted by atomic mass is 9.92. The molecule has 0 aliphatic rings. The molecule has 0 aliphatic carbocycles. The van der Waals surface area contributed by atoms with E-state index in [0.29, 0.717) is 0 Å². The van der Waals surface area contributed by atoms with E-state index in [4.69, 9.17) is 13.3 Å². The Morgan fingerprint density at radius 2 is 1.25 bits per heavy atom.